The summed E-state index contributed by atoms with van der Waals surface area (Å²) >= 11 is 0. The molecule has 1 aliphatic rings. The Kier molecular flexibility index (Phi) is 3.64. The first-order valence-electron chi connectivity index (χ1n) is 6.10. The Hall–Kier alpha value is -1.07. The largest absolute Gasteiger partial charge is 0.389 e. The van der Waals surface area contributed by atoms with Crippen LogP contribution in [0.4, 0.5) is 5.69 Å². The molecule has 0 spiro atoms. The van der Waals surface area contributed by atoms with E-state index in [1.807, 2.05) is 36.2 Å². The average molecular weight is 269 g/mol. The van der Waals surface area contributed by atoms with Gasteiger partial charge in [-0.05, 0) is 31.0 Å². The molecule has 1 aromatic carbocycles. The molecule has 0 amide bonds. The third kappa shape index (κ3) is 2.84. The second kappa shape index (κ2) is 4.90. The molecule has 1 fully saturated rings. The molecular weight excluding hydrogens is 250 g/mol. The normalized spacial score (nSPS) is 23.8. The monoisotopic (exact) mass is 269 g/mol. The molecule has 5 heteroatoms. The Morgan fingerprint density at radius 1 is 1.33 bits per heavy atom. The fraction of sp³-hybridized carbons (Fsp3) is 0.538. The minimum Gasteiger partial charge on any atom is -0.389 e. The minimum atomic E-state index is -2.85. The molecule has 1 aliphatic heterocycles. The van der Waals surface area contributed by atoms with Crippen molar-refractivity contribution in [3.8, 4) is 0 Å². The number of hydrogen-bond donors (Lipinski definition) is 1. The number of aliphatic hydroxyl groups excluding tert-OH is 1. The third-order valence-electron chi connectivity index (χ3n) is 3.54. The summed E-state index contributed by atoms with van der Waals surface area (Å²) < 4.78 is 22.9. The first-order valence-corrected chi connectivity index (χ1v) is 7.92. The van der Waals surface area contributed by atoms with Crippen LogP contribution in [0.15, 0.2) is 24.3 Å². The molecular formula is C13H19NO3S. The van der Waals surface area contributed by atoms with Gasteiger partial charge < -0.3 is 10.0 Å². The number of rotatable bonds is 3. The molecule has 1 N–H and O–H groups in total. The summed E-state index contributed by atoms with van der Waals surface area (Å²) in [6.45, 7) is 1.72. The van der Waals surface area contributed by atoms with Crippen LogP contribution in [0, 0.1) is 0 Å². The topological polar surface area (TPSA) is 57.6 Å². The summed E-state index contributed by atoms with van der Waals surface area (Å²) in [5.41, 5.74) is 1.85. The smallest absolute Gasteiger partial charge is 0.152 e. The van der Waals surface area contributed by atoms with E-state index in [9.17, 15) is 13.5 Å². The van der Waals surface area contributed by atoms with Crippen molar-refractivity contribution in [2.24, 2.45) is 0 Å². The van der Waals surface area contributed by atoms with Gasteiger partial charge >= 0.3 is 0 Å². The summed E-state index contributed by atoms with van der Waals surface area (Å²) in [7, 11) is -0.932. The standard InChI is InChI=1S/C13H19NO3S/c1-10(15)11-3-5-12(6-4-11)14(2)13-7-8-18(16,17)9-13/h3-6,10,13,15H,7-9H2,1-2H3/t10-,13?/m0/s1. The van der Waals surface area contributed by atoms with Gasteiger partial charge in [0.25, 0.3) is 0 Å². The number of nitrogens with zero attached hydrogens (tertiary/aromatic N) is 1. The van der Waals surface area contributed by atoms with E-state index in [4.69, 9.17) is 0 Å². The lowest BCUT2D eigenvalue weighted by Gasteiger charge is -2.25. The number of benzene rings is 1. The van der Waals surface area contributed by atoms with Crippen LogP contribution in [-0.2, 0) is 9.84 Å². The highest BCUT2D eigenvalue weighted by atomic mass is 32.2. The van der Waals surface area contributed by atoms with Crippen molar-refractivity contribution >= 4 is 15.5 Å². The van der Waals surface area contributed by atoms with Crippen LogP contribution in [-0.4, -0.2) is 38.1 Å². The molecule has 1 saturated heterocycles. The number of sulfone groups is 1. The van der Waals surface area contributed by atoms with Gasteiger partial charge in [0.1, 0.15) is 0 Å². The zero-order valence-corrected chi connectivity index (χ0v) is 11.5. The van der Waals surface area contributed by atoms with Gasteiger partial charge in [0.05, 0.1) is 17.6 Å². The van der Waals surface area contributed by atoms with Crippen LogP contribution in [0.2, 0.25) is 0 Å². The molecule has 1 unspecified atom stereocenters. The summed E-state index contributed by atoms with van der Waals surface area (Å²) in [6, 6.07) is 7.66. The van der Waals surface area contributed by atoms with Crippen LogP contribution in [0.3, 0.4) is 0 Å². The highest BCUT2D eigenvalue weighted by molar-refractivity contribution is 7.91. The van der Waals surface area contributed by atoms with Gasteiger partial charge in [0.15, 0.2) is 9.84 Å². The van der Waals surface area contributed by atoms with Crippen molar-refractivity contribution in [1.82, 2.24) is 0 Å². The lowest BCUT2D eigenvalue weighted by molar-refractivity contribution is 0.199. The molecule has 2 atom stereocenters. The lowest BCUT2D eigenvalue weighted by Crippen LogP contribution is -2.32. The Balaban J connectivity index is 2.12. The molecule has 1 heterocycles. The predicted octanol–water partition coefficient (Wildman–Crippen LogP) is 1.36. The highest BCUT2D eigenvalue weighted by Crippen LogP contribution is 2.24. The molecule has 0 saturated carbocycles. The van der Waals surface area contributed by atoms with E-state index >= 15 is 0 Å². The molecule has 1 aromatic rings. The van der Waals surface area contributed by atoms with Gasteiger partial charge in [0.2, 0.25) is 0 Å². The maximum absolute atomic E-state index is 11.5. The predicted molar refractivity (Wildman–Crippen MR) is 72.5 cm³/mol. The maximum Gasteiger partial charge on any atom is 0.152 e. The number of aliphatic hydroxyl groups is 1. The van der Waals surface area contributed by atoms with E-state index in [2.05, 4.69) is 0 Å². The third-order valence-corrected chi connectivity index (χ3v) is 5.29. The second-order valence-corrected chi connectivity index (χ2v) is 7.16. The van der Waals surface area contributed by atoms with Gasteiger partial charge in [-0.25, -0.2) is 8.42 Å². The van der Waals surface area contributed by atoms with Crippen LogP contribution < -0.4 is 4.90 Å². The summed E-state index contributed by atoms with van der Waals surface area (Å²) in [5.74, 6) is 0.523. The number of hydrogen-bond acceptors (Lipinski definition) is 4. The maximum atomic E-state index is 11.5. The molecule has 2 rings (SSSR count). The molecule has 0 aliphatic carbocycles. The van der Waals surface area contributed by atoms with E-state index in [1.54, 1.807) is 6.92 Å². The van der Waals surface area contributed by atoms with Crippen molar-refractivity contribution in [2.45, 2.75) is 25.5 Å². The molecule has 0 aromatic heterocycles. The van der Waals surface area contributed by atoms with E-state index < -0.39 is 15.9 Å². The van der Waals surface area contributed by atoms with Crippen molar-refractivity contribution in [3.63, 3.8) is 0 Å². The molecule has 0 bridgehead atoms. The Bertz CT molecular complexity index is 508. The molecule has 100 valence electrons. The Morgan fingerprint density at radius 2 is 1.94 bits per heavy atom. The van der Waals surface area contributed by atoms with Gasteiger partial charge in [-0.15, -0.1) is 0 Å². The Morgan fingerprint density at radius 3 is 2.39 bits per heavy atom. The quantitative estimate of drug-likeness (QED) is 0.900. The minimum absolute atomic E-state index is 0.0624. The summed E-state index contributed by atoms with van der Waals surface area (Å²) in [5, 5.41) is 9.44. The van der Waals surface area contributed by atoms with Crippen molar-refractivity contribution in [3.05, 3.63) is 29.8 Å². The zero-order chi connectivity index (χ0) is 13.3. The van der Waals surface area contributed by atoms with Gasteiger partial charge in [0, 0.05) is 18.8 Å². The zero-order valence-electron chi connectivity index (χ0n) is 10.7. The Labute approximate surface area is 108 Å². The first-order chi connectivity index (χ1) is 8.39. The second-order valence-electron chi connectivity index (χ2n) is 4.94. The molecule has 4 nitrogen and oxygen atoms in total. The van der Waals surface area contributed by atoms with E-state index in [1.165, 1.54) is 0 Å². The average Bonchev–Trinajstić information content (AvgIpc) is 2.69. The molecule has 18 heavy (non-hydrogen) atoms. The lowest BCUT2D eigenvalue weighted by atomic mass is 10.1. The van der Waals surface area contributed by atoms with Crippen LogP contribution in [0.5, 0.6) is 0 Å². The summed E-state index contributed by atoms with van der Waals surface area (Å²) in [4.78, 5) is 2.01. The van der Waals surface area contributed by atoms with Gasteiger partial charge in [-0.1, -0.05) is 12.1 Å². The van der Waals surface area contributed by atoms with Crippen LogP contribution in [0.1, 0.15) is 25.0 Å². The first kappa shape index (κ1) is 13.4. The van der Waals surface area contributed by atoms with Gasteiger partial charge in [-0.2, -0.15) is 0 Å². The van der Waals surface area contributed by atoms with Crippen molar-refractivity contribution in [1.29, 1.82) is 0 Å². The molecule has 0 radical (unpaired) electrons. The van der Waals surface area contributed by atoms with Crippen LogP contribution >= 0.6 is 0 Å². The fourth-order valence-electron chi connectivity index (χ4n) is 2.28. The fourth-order valence-corrected chi connectivity index (χ4v) is 4.05. The van der Waals surface area contributed by atoms with E-state index in [-0.39, 0.29) is 17.5 Å². The van der Waals surface area contributed by atoms with Crippen molar-refractivity contribution < 1.29 is 13.5 Å². The van der Waals surface area contributed by atoms with E-state index in [0.29, 0.717) is 6.42 Å². The van der Waals surface area contributed by atoms with Gasteiger partial charge in [-0.3, -0.25) is 0 Å². The van der Waals surface area contributed by atoms with E-state index in [0.717, 1.165) is 11.3 Å². The summed E-state index contributed by atoms with van der Waals surface area (Å²) in [6.07, 6.45) is 0.216. The SMILES string of the molecule is C[C@H](O)c1ccc(N(C)C2CCS(=O)(=O)C2)cc1. The highest BCUT2D eigenvalue weighted by Gasteiger charge is 2.30. The van der Waals surface area contributed by atoms with Crippen molar-refractivity contribution in [2.75, 3.05) is 23.5 Å². The number of anilines is 1. The van der Waals surface area contributed by atoms with Crippen LogP contribution in [0.25, 0.3) is 0 Å².